The molecule has 6 nitrogen and oxygen atoms in total. The summed E-state index contributed by atoms with van der Waals surface area (Å²) in [6.45, 7) is 7.49. The van der Waals surface area contributed by atoms with Crippen molar-refractivity contribution in [3.63, 3.8) is 0 Å². The molecular weight excluding hydrogens is 266 g/mol. The van der Waals surface area contributed by atoms with E-state index in [2.05, 4.69) is 34.1 Å². The van der Waals surface area contributed by atoms with Crippen LogP contribution >= 0.6 is 0 Å². The van der Waals surface area contributed by atoms with E-state index in [1.807, 2.05) is 24.5 Å². The van der Waals surface area contributed by atoms with Gasteiger partial charge in [0.2, 0.25) is 0 Å². The Bertz CT molecular complexity index is 533. The minimum atomic E-state index is 0.102. The van der Waals surface area contributed by atoms with Crippen molar-refractivity contribution in [2.75, 3.05) is 29.9 Å². The maximum absolute atomic E-state index is 8.86. The van der Waals surface area contributed by atoms with Crippen molar-refractivity contribution >= 4 is 11.5 Å². The Balaban J connectivity index is 1.90. The quantitative estimate of drug-likeness (QED) is 0.775. The third-order valence-corrected chi connectivity index (χ3v) is 3.35. The largest absolute Gasteiger partial charge is 0.394 e. The number of pyridine rings is 1. The van der Waals surface area contributed by atoms with Crippen LogP contribution in [0.4, 0.5) is 11.5 Å². The number of nitrogens with zero attached hydrogens (tertiary/aromatic N) is 4. The minimum Gasteiger partial charge on any atom is -0.394 e. The number of aromatic nitrogens is 3. The third-order valence-electron chi connectivity index (χ3n) is 3.35. The number of anilines is 2. The summed E-state index contributed by atoms with van der Waals surface area (Å²) in [5, 5.41) is 16.4. The molecule has 0 unspecified atom stereocenters. The molecule has 0 saturated heterocycles. The SMILES string of the molecule is CCN(CC)c1ccc(NCc2cnn(CCO)c2)cn1. The van der Waals surface area contributed by atoms with Crippen LogP contribution in [0, 0.1) is 0 Å². The molecule has 0 saturated carbocycles. The van der Waals surface area contributed by atoms with Gasteiger partial charge in [0.25, 0.3) is 0 Å². The first-order chi connectivity index (χ1) is 10.3. The lowest BCUT2D eigenvalue weighted by atomic mass is 10.3. The molecule has 2 aromatic heterocycles. The average molecular weight is 289 g/mol. The summed E-state index contributed by atoms with van der Waals surface area (Å²) < 4.78 is 1.73. The monoisotopic (exact) mass is 289 g/mol. The van der Waals surface area contributed by atoms with E-state index in [-0.39, 0.29) is 6.61 Å². The number of aliphatic hydroxyl groups excluding tert-OH is 1. The number of aliphatic hydroxyl groups is 1. The molecule has 0 aromatic carbocycles. The first kappa shape index (κ1) is 15.3. The lowest BCUT2D eigenvalue weighted by molar-refractivity contribution is 0.269. The van der Waals surface area contributed by atoms with Gasteiger partial charge in [0.1, 0.15) is 5.82 Å². The summed E-state index contributed by atoms with van der Waals surface area (Å²) in [7, 11) is 0. The molecule has 0 aliphatic heterocycles. The molecule has 0 atom stereocenters. The van der Waals surface area contributed by atoms with E-state index in [0.717, 1.165) is 30.2 Å². The van der Waals surface area contributed by atoms with Crippen LogP contribution in [0.25, 0.3) is 0 Å². The molecule has 21 heavy (non-hydrogen) atoms. The van der Waals surface area contributed by atoms with Gasteiger partial charge in [-0.2, -0.15) is 5.10 Å². The molecule has 0 spiro atoms. The second-order valence-corrected chi connectivity index (χ2v) is 4.77. The Kier molecular flexibility index (Phi) is 5.57. The van der Waals surface area contributed by atoms with Crippen molar-refractivity contribution in [2.45, 2.75) is 26.9 Å². The van der Waals surface area contributed by atoms with Gasteiger partial charge in [0, 0.05) is 31.4 Å². The highest BCUT2D eigenvalue weighted by Crippen LogP contribution is 2.14. The van der Waals surface area contributed by atoms with Crippen LogP contribution in [0.5, 0.6) is 0 Å². The number of nitrogens with one attached hydrogen (secondary N) is 1. The molecule has 0 bridgehead atoms. The molecule has 0 radical (unpaired) electrons. The lowest BCUT2D eigenvalue weighted by Crippen LogP contribution is -2.22. The molecule has 6 heteroatoms. The Morgan fingerprint density at radius 3 is 2.67 bits per heavy atom. The van der Waals surface area contributed by atoms with Crippen LogP contribution in [0.15, 0.2) is 30.7 Å². The maximum atomic E-state index is 8.86. The van der Waals surface area contributed by atoms with E-state index >= 15 is 0 Å². The van der Waals surface area contributed by atoms with Crippen LogP contribution in [-0.4, -0.2) is 39.6 Å². The molecule has 0 aliphatic carbocycles. The molecule has 2 aromatic rings. The molecule has 0 amide bonds. The van der Waals surface area contributed by atoms with E-state index < -0.39 is 0 Å². The van der Waals surface area contributed by atoms with Gasteiger partial charge in [-0.05, 0) is 26.0 Å². The van der Waals surface area contributed by atoms with E-state index in [9.17, 15) is 0 Å². The summed E-state index contributed by atoms with van der Waals surface area (Å²) in [5.74, 6) is 1.00. The Morgan fingerprint density at radius 2 is 2.05 bits per heavy atom. The predicted octanol–water partition coefficient (Wildman–Crippen LogP) is 1.73. The van der Waals surface area contributed by atoms with Crippen LogP contribution < -0.4 is 10.2 Å². The van der Waals surface area contributed by atoms with Crippen LogP contribution in [0.3, 0.4) is 0 Å². The zero-order valence-electron chi connectivity index (χ0n) is 12.7. The van der Waals surface area contributed by atoms with Crippen LogP contribution in [0.2, 0.25) is 0 Å². The molecule has 0 fully saturated rings. The molecule has 2 N–H and O–H groups in total. The van der Waals surface area contributed by atoms with Crippen molar-refractivity contribution < 1.29 is 5.11 Å². The fourth-order valence-corrected chi connectivity index (χ4v) is 2.15. The summed E-state index contributed by atoms with van der Waals surface area (Å²) in [6, 6.07) is 4.07. The smallest absolute Gasteiger partial charge is 0.128 e. The van der Waals surface area contributed by atoms with Gasteiger partial charge < -0.3 is 15.3 Å². The summed E-state index contributed by atoms with van der Waals surface area (Å²) in [4.78, 5) is 6.69. The van der Waals surface area contributed by atoms with Gasteiger partial charge >= 0.3 is 0 Å². The lowest BCUT2D eigenvalue weighted by Gasteiger charge is -2.19. The number of hydrogen-bond acceptors (Lipinski definition) is 5. The van der Waals surface area contributed by atoms with Crippen molar-refractivity contribution in [3.8, 4) is 0 Å². The van der Waals surface area contributed by atoms with Gasteiger partial charge in [-0.15, -0.1) is 0 Å². The average Bonchev–Trinajstić information content (AvgIpc) is 2.96. The zero-order chi connectivity index (χ0) is 15.1. The Hall–Kier alpha value is -2.08. The zero-order valence-corrected chi connectivity index (χ0v) is 12.7. The van der Waals surface area contributed by atoms with Crippen molar-refractivity contribution in [2.24, 2.45) is 0 Å². The molecule has 2 heterocycles. The Labute approximate surface area is 125 Å². The molecule has 2 rings (SSSR count). The van der Waals surface area contributed by atoms with Gasteiger partial charge in [-0.1, -0.05) is 0 Å². The standard InChI is InChI=1S/C15H23N5O/c1-3-19(4-2)15-6-5-14(11-17-15)16-9-13-10-18-20(12-13)7-8-21/h5-6,10-12,16,21H,3-4,7-9H2,1-2H3. The Morgan fingerprint density at radius 1 is 1.24 bits per heavy atom. The van der Waals surface area contributed by atoms with E-state index in [4.69, 9.17) is 5.11 Å². The summed E-state index contributed by atoms with van der Waals surface area (Å²) in [5.41, 5.74) is 2.07. The molecule has 0 aliphatic rings. The van der Waals surface area contributed by atoms with E-state index in [1.54, 1.807) is 10.9 Å². The highest BCUT2D eigenvalue weighted by molar-refractivity contribution is 5.48. The van der Waals surface area contributed by atoms with Gasteiger partial charge in [-0.3, -0.25) is 4.68 Å². The predicted molar refractivity (Wildman–Crippen MR) is 84.4 cm³/mol. The first-order valence-corrected chi connectivity index (χ1v) is 7.33. The first-order valence-electron chi connectivity index (χ1n) is 7.33. The fraction of sp³-hybridized carbons (Fsp3) is 0.467. The minimum absolute atomic E-state index is 0.102. The fourth-order valence-electron chi connectivity index (χ4n) is 2.15. The normalized spacial score (nSPS) is 10.6. The second kappa shape index (κ2) is 7.64. The second-order valence-electron chi connectivity index (χ2n) is 4.77. The van der Waals surface area contributed by atoms with Crippen molar-refractivity contribution in [1.82, 2.24) is 14.8 Å². The van der Waals surface area contributed by atoms with Crippen LogP contribution in [0.1, 0.15) is 19.4 Å². The van der Waals surface area contributed by atoms with E-state index in [0.29, 0.717) is 13.1 Å². The van der Waals surface area contributed by atoms with Crippen molar-refractivity contribution in [3.05, 3.63) is 36.3 Å². The maximum Gasteiger partial charge on any atom is 0.128 e. The van der Waals surface area contributed by atoms with Gasteiger partial charge in [0.05, 0.1) is 31.2 Å². The number of rotatable bonds is 8. The van der Waals surface area contributed by atoms with Crippen molar-refractivity contribution in [1.29, 1.82) is 0 Å². The van der Waals surface area contributed by atoms with Gasteiger partial charge in [-0.25, -0.2) is 4.98 Å². The third kappa shape index (κ3) is 4.19. The number of hydrogen-bond donors (Lipinski definition) is 2. The molecule has 114 valence electrons. The van der Waals surface area contributed by atoms with Crippen LogP contribution in [-0.2, 0) is 13.1 Å². The topological polar surface area (TPSA) is 66.2 Å². The van der Waals surface area contributed by atoms with Gasteiger partial charge in [0.15, 0.2) is 0 Å². The van der Waals surface area contributed by atoms with E-state index in [1.165, 1.54) is 0 Å². The highest BCUT2D eigenvalue weighted by Gasteiger charge is 2.03. The highest BCUT2D eigenvalue weighted by atomic mass is 16.3. The molecular formula is C15H23N5O. The summed E-state index contributed by atoms with van der Waals surface area (Å²) in [6.07, 6.45) is 5.59. The summed E-state index contributed by atoms with van der Waals surface area (Å²) >= 11 is 0.